The molecule has 6 N–H and O–H groups in total. The number of carbonyl (C=O) groups is 3. The number of amides is 3. The van der Waals surface area contributed by atoms with E-state index in [-0.39, 0.29) is 23.6 Å². The number of aromatic amines is 1. The van der Waals surface area contributed by atoms with Gasteiger partial charge in [0.15, 0.2) is 0 Å². The smallest absolute Gasteiger partial charge is 0.251 e. The Kier molecular flexibility index (Phi) is 9.52. The van der Waals surface area contributed by atoms with Crippen molar-refractivity contribution >= 4 is 23.4 Å². The van der Waals surface area contributed by atoms with E-state index in [0.29, 0.717) is 36.0 Å². The van der Waals surface area contributed by atoms with Gasteiger partial charge in [-0.2, -0.15) is 5.21 Å². The van der Waals surface area contributed by atoms with Crippen LogP contribution in [-0.4, -0.2) is 58.0 Å². The summed E-state index contributed by atoms with van der Waals surface area (Å²) in [6, 6.07) is 21.4. The Labute approximate surface area is 250 Å². The maximum Gasteiger partial charge on any atom is 0.251 e. The molecule has 43 heavy (non-hydrogen) atoms. The minimum Gasteiger partial charge on any atom is -0.355 e. The molecule has 1 aromatic heterocycles. The standard InChI is InChI=1S/C32H36N8O3/c1-34-31(42)27-5-3-2-4-26(27)22-10-6-20(7-11-22)18-28(36-30(41)24-12-8-21(19-33)9-13-24)32(43)35-25-16-14-23(15-17-25)29-37-39-40-38-29/h2-7,10-11,14-17,21,24,28H,8-9,12-13,18-19,33H2,1H3,(H,34,42)(H,35,43)(H,36,41)(H,37,38,39,40)/t21?,24?,28-/m0/s1. The van der Waals surface area contributed by atoms with Crippen molar-refractivity contribution in [3.8, 4) is 22.5 Å². The largest absolute Gasteiger partial charge is 0.355 e. The molecule has 11 nitrogen and oxygen atoms in total. The molecular weight excluding hydrogens is 544 g/mol. The minimum absolute atomic E-state index is 0.112. The molecule has 1 saturated carbocycles. The maximum absolute atomic E-state index is 13.6. The van der Waals surface area contributed by atoms with Crippen LogP contribution < -0.4 is 21.7 Å². The molecule has 11 heteroatoms. The third kappa shape index (κ3) is 7.31. The van der Waals surface area contributed by atoms with Crippen molar-refractivity contribution in [2.75, 3.05) is 18.9 Å². The van der Waals surface area contributed by atoms with Gasteiger partial charge in [0, 0.05) is 36.2 Å². The summed E-state index contributed by atoms with van der Waals surface area (Å²) in [5.41, 5.74) is 10.3. The van der Waals surface area contributed by atoms with Crippen molar-refractivity contribution in [2.45, 2.75) is 38.1 Å². The first-order chi connectivity index (χ1) is 20.9. The van der Waals surface area contributed by atoms with Crippen molar-refractivity contribution < 1.29 is 14.4 Å². The lowest BCUT2D eigenvalue weighted by atomic mass is 9.81. The summed E-state index contributed by atoms with van der Waals surface area (Å²) in [5, 5.41) is 22.6. The number of hydrogen-bond acceptors (Lipinski definition) is 7. The molecule has 0 unspecified atom stereocenters. The van der Waals surface area contributed by atoms with E-state index in [9.17, 15) is 14.4 Å². The Hall–Kier alpha value is -4.90. The number of benzene rings is 3. The Balaban J connectivity index is 1.32. The molecule has 0 radical (unpaired) electrons. The number of nitrogens with two attached hydrogens (primary N) is 1. The number of anilines is 1. The van der Waals surface area contributed by atoms with E-state index in [1.165, 1.54) is 0 Å². The molecule has 1 aliphatic rings. The Morgan fingerprint density at radius 3 is 2.28 bits per heavy atom. The average molecular weight is 581 g/mol. The first-order valence-corrected chi connectivity index (χ1v) is 14.5. The predicted octanol–water partition coefficient (Wildman–Crippen LogP) is 3.32. The number of nitrogens with zero attached hydrogens (tertiary/aromatic N) is 3. The van der Waals surface area contributed by atoms with Crippen molar-refractivity contribution in [2.24, 2.45) is 17.6 Å². The quantitative estimate of drug-likeness (QED) is 0.192. The molecular formula is C32H36N8O3. The van der Waals surface area contributed by atoms with Gasteiger partial charge in [-0.1, -0.05) is 42.5 Å². The van der Waals surface area contributed by atoms with Crippen LogP contribution in [0.1, 0.15) is 41.6 Å². The highest BCUT2D eigenvalue weighted by atomic mass is 16.2. The van der Waals surface area contributed by atoms with E-state index in [2.05, 4.69) is 36.6 Å². The van der Waals surface area contributed by atoms with E-state index in [4.69, 9.17) is 5.73 Å². The lowest BCUT2D eigenvalue weighted by Gasteiger charge is -2.28. The normalized spacial score (nSPS) is 17.1. The average Bonchev–Trinajstić information content (AvgIpc) is 3.60. The molecule has 0 aliphatic heterocycles. The van der Waals surface area contributed by atoms with E-state index >= 15 is 0 Å². The fourth-order valence-corrected chi connectivity index (χ4v) is 5.50. The Bertz CT molecular complexity index is 1530. The van der Waals surface area contributed by atoms with Crippen LogP contribution in [0.4, 0.5) is 5.69 Å². The van der Waals surface area contributed by atoms with Gasteiger partial charge in [-0.25, -0.2) is 0 Å². The zero-order chi connectivity index (χ0) is 30.2. The molecule has 0 saturated heterocycles. The van der Waals surface area contributed by atoms with Crippen LogP contribution in [0.5, 0.6) is 0 Å². The van der Waals surface area contributed by atoms with Crippen LogP contribution in [0.3, 0.4) is 0 Å². The van der Waals surface area contributed by atoms with Crippen molar-refractivity contribution in [3.05, 3.63) is 83.9 Å². The summed E-state index contributed by atoms with van der Waals surface area (Å²) in [7, 11) is 1.61. The third-order valence-corrected chi connectivity index (χ3v) is 8.04. The minimum atomic E-state index is -0.791. The molecule has 5 rings (SSSR count). The van der Waals surface area contributed by atoms with E-state index in [1.807, 2.05) is 42.5 Å². The van der Waals surface area contributed by atoms with Crippen LogP contribution in [0.2, 0.25) is 0 Å². The van der Waals surface area contributed by atoms with Gasteiger partial charge in [0.2, 0.25) is 17.6 Å². The highest BCUT2D eigenvalue weighted by Crippen LogP contribution is 2.29. The van der Waals surface area contributed by atoms with Gasteiger partial charge in [0.05, 0.1) is 0 Å². The Morgan fingerprint density at radius 1 is 0.930 bits per heavy atom. The number of aromatic nitrogens is 4. The molecule has 3 amide bonds. The second-order valence-corrected chi connectivity index (χ2v) is 10.8. The molecule has 1 fully saturated rings. The second kappa shape index (κ2) is 13.8. The van der Waals surface area contributed by atoms with E-state index in [1.54, 1.807) is 37.4 Å². The third-order valence-electron chi connectivity index (χ3n) is 8.04. The zero-order valence-electron chi connectivity index (χ0n) is 24.0. The van der Waals surface area contributed by atoms with Crippen molar-refractivity contribution in [1.29, 1.82) is 0 Å². The first-order valence-electron chi connectivity index (χ1n) is 14.5. The van der Waals surface area contributed by atoms with Gasteiger partial charge >= 0.3 is 0 Å². The van der Waals surface area contributed by atoms with Gasteiger partial charge < -0.3 is 21.7 Å². The number of rotatable bonds is 10. The predicted molar refractivity (Wildman–Crippen MR) is 164 cm³/mol. The SMILES string of the molecule is CNC(=O)c1ccccc1-c1ccc(C[C@H](NC(=O)C2CCC(CN)CC2)C(=O)Nc2ccc(-c3nn[nH]n3)cc2)cc1. The fraction of sp³-hybridized carbons (Fsp3) is 0.312. The molecule has 4 aromatic rings. The lowest BCUT2D eigenvalue weighted by Crippen LogP contribution is -2.48. The number of tetrazole rings is 1. The molecule has 222 valence electrons. The monoisotopic (exact) mass is 580 g/mol. The maximum atomic E-state index is 13.6. The van der Waals surface area contributed by atoms with Crippen molar-refractivity contribution in [1.82, 2.24) is 31.3 Å². The van der Waals surface area contributed by atoms with Crippen molar-refractivity contribution in [3.63, 3.8) is 0 Å². The van der Waals surface area contributed by atoms with Crippen LogP contribution in [-0.2, 0) is 16.0 Å². The topological polar surface area (TPSA) is 168 Å². The molecule has 1 atom stereocenters. The summed E-state index contributed by atoms with van der Waals surface area (Å²) in [4.78, 5) is 39.3. The van der Waals surface area contributed by atoms with Gasteiger partial charge in [0.1, 0.15) is 6.04 Å². The Morgan fingerprint density at radius 2 is 1.63 bits per heavy atom. The first kappa shape index (κ1) is 29.6. The fourth-order valence-electron chi connectivity index (χ4n) is 5.50. The number of carbonyl (C=O) groups excluding carboxylic acids is 3. The summed E-state index contributed by atoms with van der Waals surface area (Å²) in [5.74, 6) is 0.171. The molecule has 1 heterocycles. The molecule has 0 spiro atoms. The van der Waals surface area contributed by atoms with Gasteiger partial charge in [-0.3, -0.25) is 14.4 Å². The van der Waals surface area contributed by atoms with Gasteiger partial charge in [-0.15, -0.1) is 10.2 Å². The summed E-state index contributed by atoms with van der Waals surface area (Å²) in [6.07, 6.45) is 3.65. The highest BCUT2D eigenvalue weighted by Gasteiger charge is 2.29. The zero-order valence-corrected chi connectivity index (χ0v) is 24.0. The van der Waals surface area contributed by atoms with Gasteiger partial charge in [-0.05, 0) is 90.4 Å². The van der Waals surface area contributed by atoms with Gasteiger partial charge in [0.25, 0.3) is 5.91 Å². The lowest BCUT2D eigenvalue weighted by molar-refractivity contribution is -0.130. The number of H-pyrrole nitrogens is 1. The summed E-state index contributed by atoms with van der Waals surface area (Å²) < 4.78 is 0. The van der Waals surface area contributed by atoms with Crippen LogP contribution in [0.15, 0.2) is 72.8 Å². The van der Waals surface area contributed by atoms with Crippen LogP contribution in [0, 0.1) is 11.8 Å². The molecule has 3 aromatic carbocycles. The van der Waals surface area contributed by atoms with E-state index < -0.39 is 6.04 Å². The molecule has 1 aliphatic carbocycles. The summed E-state index contributed by atoms with van der Waals surface area (Å²) >= 11 is 0. The number of hydrogen-bond donors (Lipinski definition) is 5. The highest BCUT2D eigenvalue weighted by molar-refractivity contribution is 6.01. The van der Waals surface area contributed by atoms with Crippen LogP contribution in [0.25, 0.3) is 22.5 Å². The molecule has 0 bridgehead atoms. The van der Waals surface area contributed by atoms with Crippen LogP contribution >= 0.6 is 0 Å². The summed E-state index contributed by atoms with van der Waals surface area (Å²) in [6.45, 7) is 0.633. The van der Waals surface area contributed by atoms with E-state index in [0.717, 1.165) is 47.9 Å². The number of nitrogens with one attached hydrogen (secondary N) is 4. The second-order valence-electron chi connectivity index (χ2n) is 10.8.